The summed E-state index contributed by atoms with van der Waals surface area (Å²) in [6.07, 6.45) is -9.45. The van der Waals surface area contributed by atoms with Crippen LogP contribution in [0, 0.1) is 0 Å². The zero-order valence-electron chi connectivity index (χ0n) is 9.55. The van der Waals surface area contributed by atoms with Crippen LogP contribution < -0.4 is 0 Å². The summed E-state index contributed by atoms with van der Waals surface area (Å²) < 4.78 is 74.4. The Labute approximate surface area is 107 Å². The monoisotopic (exact) mass is 299 g/mol. The highest BCUT2D eigenvalue weighted by atomic mass is 19.4. The number of rotatable bonds is 1. The van der Waals surface area contributed by atoms with Gasteiger partial charge in [-0.25, -0.2) is 0 Å². The molecule has 0 saturated carbocycles. The maximum Gasteiger partial charge on any atom is 0.416 e. The van der Waals surface area contributed by atoms with Gasteiger partial charge in [-0.2, -0.15) is 26.3 Å². The minimum Gasteiger partial charge on any atom is -0.494 e. The third-order valence-electron chi connectivity index (χ3n) is 2.68. The first kappa shape index (κ1) is 14.4. The fourth-order valence-corrected chi connectivity index (χ4v) is 1.82. The fraction of sp³-hybridized carbons (Fsp3) is 0.273. The third kappa shape index (κ3) is 2.47. The fourth-order valence-electron chi connectivity index (χ4n) is 1.82. The lowest BCUT2D eigenvalue weighted by atomic mass is 10.1. The Morgan fingerprint density at radius 2 is 1.45 bits per heavy atom. The number of hydrogen-bond donors (Lipinski definition) is 2. The molecule has 2 N–H and O–H groups in total. The number of nitrogens with zero attached hydrogens (tertiary/aromatic N) is 1. The molecule has 0 radical (unpaired) electrons. The average Bonchev–Trinajstić information content (AvgIpc) is 2.51. The molecule has 9 heteroatoms. The predicted octanol–water partition coefficient (Wildman–Crippen LogP) is 3.63. The van der Waals surface area contributed by atoms with Crippen LogP contribution in [0.15, 0.2) is 18.2 Å². The molecule has 2 rings (SSSR count). The number of fused-ring (bicyclic) bond motifs is 1. The summed E-state index contributed by atoms with van der Waals surface area (Å²) in [6.45, 7) is -1.71. The summed E-state index contributed by atoms with van der Waals surface area (Å²) in [5.41, 5.74) is -1.13. The number of hydrogen-bond acceptors (Lipinski definition) is 2. The first-order valence-electron chi connectivity index (χ1n) is 5.19. The van der Waals surface area contributed by atoms with Crippen LogP contribution in [0.4, 0.5) is 26.3 Å². The third-order valence-corrected chi connectivity index (χ3v) is 2.68. The van der Waals surface area contributed by atoms with E-state index in [2.05, 4.69) is 0 Å². The van der Waals surface area contributed by atoms with Gasteiger partial charge >= 0.3 is 12.4 Å². The van der Waals surface area contributed by atoms with E-state index in [0.29, 0.717) is 12.1 Å². The molecular weight excluding hydrogens is 292 g/mol. The van der Waals surface area contributed by atoms with E-state index >= 15 is 0 Å². The molecule has 0 atom stereocenters. The van der Waals surface area contributed by atoms with Crippen molar-refractivity contribution in [2.45, 2.75) is 18.9 Å². The second-order valence-corrected chi connectivity index (χ2v) is 4.11. The van der Waals surface area contributed by atoms with Crippen LogP contribution in [0.3, 0.4) is 0 Å². The molecule has 0 fully saturated rings. The summed E-state index contributed by atoms with van der Waals surface area (Å²) in [6, 6.07) is 1.90. The summed E-state index contributed by atoms with van der Waals surface area (Å²) in [5.74, 6) is -2.01. The molecule has 1 heterocycles. The van der Waals surface area contributed by atoms with Gasteiger partial charge < -0.3 is 10.2 Å². The maximum atomic E-state index is 12.5. The number of halogens is 6. The summed E-state index contributed by atoms with van der Waals surface area (Å²) in [5, 5.41) is 18.3. The number of aromatic nitrogens is 1. The van der Waals surface area contributed by atoms with E-state index in [-0.39, 0.29) is 9.95 Å². The molecule has 1 aromatic carbocycles. The molecule has 2 aromatic rings. The van der Waals surface area contributed by atoms with Crippen molar-refractivity contribution < 1.29 is 36.6 Å². The van der Waals surface area contributed by atoms with Crippen molar-refractivity contribution in [3.05, 3.63) is 23.8 Å². The van der Waals surface area contributed by atoms with Gasteiger partial charge in [-0.1, -0.05) is 0 Å². The zero-order chi connectivity index (χ0) is 15.3. The molecule has 0 aliphatic rings. The first-order chi connectivity index (χ1) is 9.00. The smallest absolute Gasteiger partial charge is 0.416 e. The van der Waals surface area contributed by atoms with E-state index in [1.165, 1.54) is 0 Å². The molecule has 3 nitrogen and oxygen atoms in total. The molecule has 0 spiro atoms. The van der Waals surface area contributed by atoms with Crippen molar-refractivity contribution in [1.82, 2.24) is 4.57 Å². The Morgan fingerprint density at radius 3 is 1.95 bits per heavy atom. The van der Waals surface area contributed by atoms with Crippen LogP contribution >= 0.6 is 0 Å². The van der Waals surface area contributed by atoms with Crippen LogP contribution in [0.2, 0.25) is 0 Å². The van der Waals surface area contributed by atoms with E-state index in [1.807, 2.05) is 0 Å². The highest BCUT2D eigenvalue weighted by Gasteiger charge is 2.34. The Morgan fingerprint density at radius 1 is 0.900 bits per heavy atom. The van der Waals surface area contributed by atoms with Gasteiger partial charge in [0.2, 0.25) is 11.8 Å². The molecule has 110 valence electrons. The van der Waals surface area contributed by atoms with Gasteiger partial charge in [0.25, 0.3) is 0 Å². The molecule has 1 aromatic heterocycles. The summed E-state index contributed by atoms with van der Waals surface area (Å²) in [4.78, 5) is 0. The second-order valence-electron chi connectivity index (χ2n) is 4.11. The lowest BCUT2D eigenvalue weighted by molar-refractivity contribution is -0.142. The zero-order valence-corrected chi connectivity index (χ0v) is 9.55. The van der Waals surface area contributed by atoms with Gasteiger partial charge in [0, 0.05) is 10.8 Å². The Hall–Kier alpha value is -2.06. The lowest BCUT2D eigenvalue weighted by Crippen LogP contribution is -2.16. The van der Waals surface area contributed by atoms with Gasteiger partial charge in [-0.05, 0) is 18.2 Å². The van der Waals surface area contributed by atoms with Crippen molar-refractivity contribution in [3.63, 3.8) is 0 Å². The molecule has 0 aliphatic heterocycles. The predicted molar refractivity (Wildman–Crippen MR) is 56.3 cm³/mol. The summed E-state index contributed by atoms with van der Waals surface area (Å²) >= 11 is 0. The van der Waals surface area contributed by atoms with Gasteiger partial charge in [-0.15, -0.1) is 0 Å². The number of benzene rings is 1. The van der Waals surface area contributed by atoms with Crippen molar-refractivity contribution in [1.29, 1.82) is 0 Å². The van der Waals surface area contributed by atoms with Crippen LogP contribution in [-0.4, -0.2) is 21.0 Å². The van der Waals surface area contributed by atoms with E-state index in [9.17, 15) is 36.6 Å². The molecule has 0 unspecified atom stereocenters. The second kappa shape index (κ2) is 4.22. The molecule has 20 heavy (non-hydrogen) atoms. The standard InChI is InChI=1S/C11H7F6NO2/c12-10(13,14)4-18-8(19)6-2-1-5(11(15,16)17)3-7(6)9(18)20/h1-3,19-20H,4H2. The molecule has 0 saturated heterocycles. The lowest BCUT2D eigenvalue weighted by Gasteiger charge is -2.09. The highest BCUT2D eigenvalue weighted by molar-refractivity contribution is 5.93. The molecule has 0 bridgehead atoms. The topological polar surface area (TPSA) is 45.4 Å². The van der Waals surface area contributed by atoms with Gasteiger partial charge in [0.1, 0.15) is 6.54 Å². The largest absolute Gasteiger partial charge is 0.494 e. The molecular formula is C11H7F6NO2. The highest BCUT2D eigenvalue weighted by Crippen LogP contribution is 2.41. The van der Waals surface area contributed by atoms with Gasteiger partial charge in [0.05, 0.1) is 5.56 Å². The van der Waals surface area contributed by atoms with Crippen molar-refractivity contribution in [3.8, 4) is 11.8 Å². The van der Waals surface area contributed by atoms with Gasteiger partial charge in [-0.3, -0.25) is 4.57 Å². The molecule has 0 amide bonds. The minimum atomic E-state index is -4.74. The van der Waals surface area contributed by atoms with Crippen LogP contribution in [-0.2, 0) is 12.7 Å². The number of aromatic hydroxyl groups is 2. The van der Waals surface area contributed by atoms with E-state index in [1.54, 1.807) is 0 Å². The van der Waals surface area contributed by atoms with Gasteiger partial charge in [0.15, 0.2) is 0 Å². The van der Waals surface area contributed by atoms with Crippen LogP contribution in [0.5, 0.6) is 11.8 Å². The summed E-state index contributed by atoms with van der Waals surface area (Å²) in [7, 11) is 0. The van der Waals surface area contributed by atoms with Crippen molar-refractivity contribution in [2.24, 2.45) is 0 Å². The van der Waals surface area contributed by atoms with Crippen molar-refractivity contribution in [2.75, 3.05) is 0 Å². The minimum absolute atomic E-state index is 0.102. The van der Waals surface area contributed by atoms with E-state index in [4.69, 9.17) is 0 Å². The average molecular weight is 299 g/mol. The quantitative estimate of drug-likeness (QED) is 0.790. The van der Waals surface area contributed by atoms with E-state index < -0.39 is 41.6 Å². The molecule has 0 aliphatic carbocycles. The first-order valence-corrected chi connectivity index (χ1v) is 5.19. The Balaban J connectivity index is 2.64. The SMILES string of the molecule is Oc1c2ccc(C(F)(F)F)cc2c(O)n1CC(F)(F)F. The van der Waals surface area contributed by atoms with E-state index in [0.717, 1.165) is 6.07 Å². The normalized spacial score (nSPS) is 13.1. The number of alkyl halides is 6. The Bertz CT molecular complexity index is 655. The van der Waals surface area contributed by atoms with Crippen LogP contribution in [0.25, 0.3) is 10.8 Å². The van der Waals surface area contributed by atoms with Crippen molar-refractivity contribution >= 4 is 10.8 Å². The van der Waals surface area contributed by atoms with Crippen LogP contribution in [0.1, 0.15) is 5.56 Å². The Kier molecular flexibility index (Phi) is 3.03. The maximum absolute atomic E-state index is 12.5.